The number of ether oxygens (including phenoxy) is 2. The van der Waals surface area contributed by atoms with Gasteiger partial charge >= 0.3 is 0 Å². The predicted octanol–water partition coefficient (Wildman–Crippen LogP) is 5.49. The number of carbonyl (C=O) groups excluding carboxylic acids is 1. The number of para-hydroxylation sites is 1. The van der Waals surface area contributed by atoms with E-state index in [1.54, 1.807) is 48.7 Å². The fourth-order valence-corrected chi connectivity index (χ4v) is 3.77. The highest BCUT2D eigenvalue weighted by atomic mass is 32.1. The fraction of sp³-hybridized carbons (Fsp3) is 0.0800. The Hall–Kier alpha value is -4.35. The molecule has 0 aliphatic heterocycles. The number of nitriles is 1. The molecule has 2 heterocycles. The van der Waals surface area contributed by atoms with Gasteiger partial charge in [0.1, 0.15) is 16.8 Å². The Kier molecular flexibility index (Phi) is 6.83. The first kappa shape index (κ1) is 21.9. The molecule has 4 aromatic rings. The molecule has 0 bridgehead atoms. The highest BCUT2D eigenvalue weighted by molar-refractivity contribution is 7.11. The Morgan fingerprint density at radius 1 is 1.18 bits per heavy atom. The summed E-state index contributed by atoms with van der Waals surface area (Å²) >= 11 is 1.36. The molecule has 4 rings (SSSR count). The monoisotopic (exact) mass is 457 g/mol. The van der Waals surface area contributed by atoms with Crippen molar-refractivity contribution in [1.82, 2.24) is 4.98 Å². The minimum atomic E-state index is -0.282. The maximum Gasteiger partial charge on any atom is 0.262 e. The normalized spacial score (nSPS) is 11.0. The zero-order valence-corrected chi connectivity index (χ0v) is 18.5. The van der Waals surface area contributed by atoms with Crippen LogP contribution >= 0.6 is 11.3 Å². The minimum Gasteiger partial charge on any atom is -0.493 e. The van der Waals surface area contributed by atoms with Gasteiger partial charge in [-0.1, -0.05) is 24.3 Å². The number of amides is 1. The summed E-state index contributed by atoms with van der Waals surface area (Å²) < 4.78 is 16.4. The molecule has 0 unspecified atom stereocenters. The van der Waals surface area contributed by atoms with Gasteiger partial charge < -0.3 is 19.2 Å². The minimum absolute atomic E-state index is 0.168. The number of carbonyl (C=O) groups is 1. The number of methoxy groups -OCH3 is 1. The van der Waals surface area contributed by atoms with Gasteiger partial charge in [-0.2, -0.15) is 5.26 Å². The van der Waals surface area contributed by atoms with Gasteiger partial charge in [0.25, 0.3) is 5.91 Å². The second-order valence-corrected chi connectivity index (χ2v) is 7.66. The topological polar surface area (TPSA) is 97.4 Å². The summed E-state index contributed by atoms with van der Waals surface area (Å²) in [4.78, 5) is 16.6. The van der Waals surface area contributed by atoms with Crippen LogP contribution in [-0.2, 0) is 4.79 Å². The van der Waals surface area contributed by atoms with Gasteiger partial charge in [0.05, 0.1) is 18.9 Å². The van der Waals surface area contributed by atoms with Crippen LogP contribution in [-0.4, -0.2) is 24.6 Å². The van der Waals surface area contributed by atoms with Crippen molar-refractivity contribution in [1.29, 1.82) is 5.26 Å². The lowest BCUT2D eigenvalue weighted by Gasteiger charge is -2.11. The van der Waals surface area contributed by atoms with Crippen LogP contribution in [0.15, 0.2) is 76.7 Å². The summed E-state index contributed by atoms with van der Waals surface area (Å²) in [5, 5.41) is 14.8. The van der Waals surface area contributed by atoms with Gasteiger partial charge in [-0.05, 0) is 48.0 Å². The van der Waals surface area contributed by atoms with E-state index in [-0.39, 0.29) is 12.5 Å². The summed E-state index contributed by atoms with van der Waals surface area (Å²) in [6.07, 6.45) is 3.30. The molecule has 2 aromatic carbocycles. The lowest BCUT2D eigenvalue weighted by atomic mass is 10.1. The van der Waals surface area contributed by atoms with Crippen molar-refractivity contribution in [3.63, 3.8) is 0 Å². The van der Waals surface area contributed by atoms with Gasteiger partial charge in [-0.3, -0.25) is 4.79 Å². The van der Waals surface area contributed by atoms with Crippen LogP contribution in [0, 0.1) is 11.3 Å². The second-order valence-electron chi connectivity index (χ2n) is 6.80. The molecular formula is C25H19N3O4S. The summed E-state index contributed by atoms with van der Waals surface area (Å²) in [6, 6.07) is 20.2. The number of furan rings is 1. The molecule has 0 saturated carbocycles. The highest BCUT2D eigenvalue weighted by Crippen LogP contribution is 2.31. The summed E-state index contributed by atoms with van der Waals surface area (Å²) in [7, 11) is 1.52. The molecule has 1 amide bonds. The van der Waals surface area contributed by atoms with E-state index in [0.29, 0.717) is 39.2 Å². The lowest BCUT2D eigenvalue weighted by molar-refractivity contribution is -0.118. The first-order valence-electron chi connectivity index (χ1n) is 9.93. The lowest BCUT2D eigenvalue weighted by Crippen LogP contribution is -2.20. The van der Waals surface area contributed by atoms with Gasteiger partial charge in [0.15, 0.2) is 23.9 Å². The number of thiazole rings is 1. The third kappa shape index (κ3) is 5.47. The van der Waals surface area contributed by atoms with Crippen LogP contribution in [0.25, 0.3) is 23.1 Å². The third-order valence-corrected chi connectivity index (χ3v) is 5.42. The molecule has 33 heavy (non-hydrogen) atoms. The number of anilines is 1. The SMILES string of the molecule is COc1cc(C=C(C#N)c2nc(-c3ccco3)cs2)ccc1OCC(=O)Nc1ccccc1. The molecule has 2 aromatic heterocycles. The third-order valence-electron chi connectivity index (χ3n) is 4.54. The molecule has 0 fully saturated rings. The van der Waals surface area contributed by atoms with E-state index in [1.807, 2.05) is 29.6 Å². The van der Waals surface area contributed by atoms with Crippen molar-refractivity contribution in [2.75, 3.05) is 19.0 Å². The molecule has 0 atom stereocenters. The standard InChI is InChI=1S/C25H19N3O4S/c1-30-23-13-17(9-10-22(23)32-15-24(29)27-19-6-3-2-4-7-19)12-18(14-26)25-28-20(16-33-25)21-8-5-11-31-21/h2-13,16H,15H2,1H3,(H,27,29). The quantitative estimate of drug-likeness (QED) is 0.351. The first-order chi connectivity index (χ1) is 16.2. The van der Waals surface area contributed by atoms with Crippen LogP contribution in [0.5, 0.6) is 11.5 Å². The number of allylic oxidation sites excluding steroid dienone is 1. The van der Waals surface area contributed by atoms with Crippen LogP contribution < -0.4 is 14.8 Å². The van der Waals surface area contributed by atoms with Gasteiger partial charge in [-0.25, -0.2) is 4.98 Å². The predicted molar refractivity (Wildman–Crippen MR) is 127 cm³/mol. The van der Waals surface area contributed by atoms with Crippen molar-refractivity contribution in [2.45, 2.75) is 0 Å². The number of hydrogen-bond acceptors (Lipinski definition) is 7. The molecule has 0 aliphatic carbocycles. The van der Waals surface area contributed by atoms with E-state index in [1.165, 1.54) is 18.4 Å². The summed E-state index contributed by atoms with van der Waals surface area (Å²) in [5.41, 5.74) is 2.52. The average Bonchev–Trinajstić information content (AvgIpc) is 3.54. The van der Waals surface area contributed by atoms with E-state index in [0.717, 1.165) is 5.56 Å². The Bertz CT molecular complexity index is 1310. The Morgan fingerprint density at radius 3 is 2.76 bits per heavy atom. The zero-order chi connectivity index (χ0) is 23.0. The molecule has 0 spiro atoms. The number of rotatable bonds is 8. The van der Waals surface area contributed by atoms with Crippen LogP contribution in [0.1, 0.15) is 10.6 Å². The van der Waals surface area contributed by atoms with Crippen LogP contribution in [0.3, 0.4) is 0 Å². The van der Waals surface area contributed by atoms with E-state index in [2.05, 4.69) is 16.4 Å². The van der Waals surface area contributed by atoms with Crippen molar-refractivity contribution in [3.8, 4) is 29.0 Å². The van der Waals surface area contributed by atoms with Gasteiger partial charge in [-0.15, -0.1) is 11.3 Å². The van der Waals surface area contributed by atoms with E-state index in [9.17, 15) is 10.1 Å². The van der Waals surface area contributed by atoms with E-state index < -0.39 is 0 Å². The van der Waals surface area contributed by atoms with Crippen molar-refractivity contribution >= 4 is 34.6 Å². The molecule has 7 nitrogen and oxygen atoms in total. The molecule has 0 saturated heterocycles. The van der Waals surface area contributed by atoms with Crippen molar-refractivity contribution in [3.05, 3.63) is 82.9 Å². The average molecular weight is 458 g/mol. The van der Waals surface area contributed by atoms with E-state index >= 15 is 0 Å². The Balaban J connectivity index is 1.47. The maximum absolute atomic E-state index is 12.1. The maximum atomic E-state index is 12.1. The number of benzene rings is 2. The van der Waals surface area contributed by atoms with Gasteiger partial charge in [0, 0.05) is 11.1 Å². The van der Waals surface area contributed by atoms with Crippen molar-refractivity contribution in [2.24, 2.45) is 0 Å². The van der Waals surface area contributed by atoms with Crippen molar-refractivity contribution < 1.29 is 18.7 Å². The molecule has 1 N–H and O–H groups in total. The Morgan fingerprint density at radius 2 is 2.03 bits per heavy atom. The van der Waals surface area contributed by atoms with Crippen LogP contribution in [0.2, 0.25) is 0 Å². The van der Waals surface area contributed by atoms with Gasteiger partial charge in [0.2, 0.25) is 0 Å². The molecular weight excluding hydrogens is 438 g/mol. The molecule has 164 valence electrons. The summed E-state index contributed by atoms with van der Waals surface area (Å²) in [5.74, 6) is 1.24. The zero-order valence-electron chi connectivity index (χ0n) is 17.6. The highest BCUT2D eigenvalue weighted by Gasteiger charge is 2.12. The molecule has 8 heteroatoms. The smallest absolute Gasteiger partial charge is 0.262 e. The fourth-order valence-electron chi connectivity index (χ4n) is 3.00. The van der Waals surface area contributed by atoms with E-state index in [4.69, 9.17) is 13.9 Å². The largest absolute Gasteiger partial charge is 0.493 e. The molecule has 0 aliphatic rings. The van der Waals surface area contributed by atoms with Crippen LogP contribution in [0.4, 0.5) is 5.69 Å². The number of nitrogens with one attached hydrogen (secondary N) is 1. The number of aromatic nitrogens is 1. The number of hydrogen-bond donors (Lipinski definition) is 1. The Labute approximate surface area is 194 Å². The number of nitrogens with zero attached hydrogens (tertiary/aromatic N) is 2. The first-order valence-corrected chi connectivity index (χ1v) is 10.8. The molecule has 0 radical (unpaired) electrons. The second kappa shape index (κ2) is 10.3. The summed E-state index contributed by atoms with van der Waals surface area (Å²) in [6.45, 7) is -0.168.